The molecule has 0 saturated heterocycles. The molecule has 0 aliphatic rings. The average Bonchev–Trinajstić information content (AvgIpc) is 2.56. The zero-order valence-corrected chi connectivity index (χ0v) is 14.8. The topological polar surface area (TPSA) is 87.6 Å². The van der Waals surface area contributed by atoms with Crippen LogP contribution in [0.2, 0.25) is 5.15 Å². The molecule has 26 heavy (non-hydrogen) atoms. The SMILES string of the molecule is CN=CN(N)CC(O)(c1ccc(F)cc1F)C(C)c1ncnc(Cl)c1F. The van der Waals surface area contributed by atoms with Crippen LogP contribution in [0.1, 0.15) is 24.1 Å². The Balaban J connectivity index is 2.61. The summed E-state index contributed by atoms with van der Waals surface area (Å²) < 4.78 is 42.0. The van der Waals surface area contributed by atoms with Crippen LogP contribution in [0.25, 0.3) is 0 Å². The normalized spacial score (nSPS) is 15.1. The minimum atomic E-state index is -2.08. The predicted molar refractivity (Wildman–Crippen MR) is 91.0 cm³/mol. The van der Waals surface area contributed by atoms with Gasteiger partial charge in [-0.15, -0.1) is 0 Å². The molecule has 0 radical (unpaired) electrons. The predicted octanol–water partition coefficient (Wildman–Crippen LogP) is 2.37. The Morgan fingerprint density at radius 1 is 1.38 bits per heavy atom. The van der Waals surface area contributed by atoms with E-state index in [0.717, 1.165) is 23.5 Å². The monoisotopic (exact) mass is 387 g/mol. The van der Waals surface area contributed by atoms with Crippen molar-refractivity contribution in [2.24, 2.45) is 10.8 Å². The largest absolute Gasteiger partial charge is 0.382 e. The van der Waals surface area contributed by atoms with E-state index >= 15 is 0 Å². The number of aliphatic imine (C=N–C) groups is 1. The van der Waals surface area contributed by atoms with E-state index in [1.165, 1.54) is 20.3 Å². The Labute approximate surface area is 153 Å². The lowest BCUT2D eigenvalue weighted by Crippen LogP contribution is -2.47. The summed E-state index contributed by atoms with van der Waals surface area (Å²) in [4.78, 5) is 11.0. The molecule has 1 aromatic heterocycles. The number of hydrazine groups is 1. The van der Waals surface area contributed by atoms with E-state index < -0.39 is 34.1 Å². The van der Waals surface area contributed by atoms with Crippen LogP contribution in [-0.2, 0) is 5.60 Å². The summed E-state index contributed by atoms with van der Waals surface area (Å²) in [6.45, 7) is 1.04. The van der Waals surface area contributed by atoms with Crippen LogP contribution in [0, 0.1) is 17.5 Å². The molecule has 10 heteroatoms. The Kier molecular flexibility index (Phi) is 6.17. The third kappa shape index (κ3) is 3.95. The molecule has 0 spiro atoms. The Hall–Kier alpha value is -2.23. The van der Waals surface area contributed by atoms with Gasteiger partial charge in [0, 0.05) is 24.6 Å². The van der Waals surface area contributed by atoms with E-state index in [1.54, 1.807) is 0 Å². The van der Waals surface area contributed by atoms with Gasteiger partial charge in [0.25, 0.3) is 0 Å². The summed E-state index contributed by atoms with van der Waals surface area (Å²) in [5.74, 6) is 1.85. The lowest BCUT2D eigenvalue weighted by Gasteiger charge is -2.37. The van der Waals surface area contributed by atoms with E-state index in [4.69, 9.17) is 17.4 Å². The van der Waals surface area contributed by atoms with Gasteiger partial charge < -0.3 is 5.11 Å². The number of aromatic nitrogens is 2. The van der Waals surface area contributed by atoms with Crippen LogP contribution in [0.4, 0.5) is 13.2 Å². The molecular weight excluding hydrogens is 371 g/mol. The second kappa shape index (κ2) is 7.98. The summed E-state index contributed by atoms with van der Waals surface area (Å²) in [6.07, 6.45) is 2.22. The standard InChI is InChI=1S/C16H17ClF3N5O/c1-9(14-13(20)15(17)24-7-23-14)16(26,6-25(21)8-22-2)11-4-3-10(18)5-12(11)19/h3-5,7-9,26H,6,21H2,1-2H3. The molecule has 0 amide bonds. The van der Waals surface area contributed by atoms with Gasteiger partial charge in [-0.3, -0.25) is 10.0 Å². The molecule has 1 aromatic carbocycles. The second-order valence-electron chi connectivity index (χ2n) is 5.68. The molecule has 1 heterocycles. The number of nitrogens with two attached hydrogens (primary N) is 1. The summed E-state index contributed by atoms with van der Waals surface area (Å²) in [7, 11) is 1.45. The van der Waals surface area contributed by atoms with Crippen LogP contribution in [-0.4, -0.2) is 40.0 Å². The van der Waals surface area contributed by atoms with Crippen LogP contribution in [0.5, 0.6) is 0 Å². The highest BCUT2D eigenvalue weighted by Crippen LogP contribution is 2.39. The minimum absolute atomic E-state index is 0.238. The van der Waals surface area contributed by atoms with Crippen LogP contribution in [0.15, 0.2) is 29.5 Å². The molecule has 0 aliphatic heterocycles. The first kappa shape index (κ1) is 20.1. The lowest BCUT2D eigenvalue weighted by atomic mass is 9.79. The molecular formula is C16H17ClF3N5O. The minimum Gasteiger partial charge on any atom is -0.382 e. The molecule has 6 nitrogen and oxygen atoms in total. The van der Waals surface area contributed by atoms with Gasteiger partial charge in [-0.2, -0.15) is 0 Å². The number of benzene rings is 1. The van der Waals surface area contributed by atoms with Gasteiger partial charge >= 0.3 is 0 Å². The molecule has 3 N–H and O–H groups in total. The van der Waals surface area contributed by atoms with Gasteiger partial charge in [-0.05, 0) is 6.07 Å². The zero-order chi connectivity index (χ0) is 19.5. The molecule has 2 aromatic rings. The van der Waals surface area contributed by atoms with Crippen molar-refractivity contribution in [2.45, 2.75) is 18.4 Å². The summed E-state index contributed by atoms with van der Waals surface area (Å²) in [6, 6.07) is 2.66. The fraction of sp³-hybridized carbons (Fsp3) is 0.312. The van der Waals surface area contributed by atoms with Crippen molar-refractivity contribution in [3.63, 3.8) is 0 Å². The quantitative estimate of drug-likeness (QED) is 0.261. The van der Waals surface area contributed by atoms with E-state index in [0.29, 0.717) is 6.07 Å². The molecule has 0 bridgehead atoms. The molecule has 140 valence electrons. The highest BCUT2D eigenvalue weighted by Gasteiger charge is 2.42. The van der Waals surface area contributed by atoms with Crippen LogP contribution >= 0.6 is 11.6 Å². The number of hydrogen-bond donors (Lipinski definition) is 2. The van der Waals surface area contributed by atoms with Gasteiger partial charge in [0.15, 0.2) is 11.0 Å². The number of rotatable bonds is 6. The number of nitrogens with zero attached hydrogens (tertiary/aromatic N) is 4. The zero-order valence-electron chi connectivity index (χ0n) is 14.0. The number of halogens is 4. The summed E-state index contributed by atoms with van der Waals surface area (Å²) >= 11 is 5.67. The fourth-order valence-electron chi connectivity index (χ4n) is 2.65. The average molecular weight is 388 g/mol. The van der Waals surface area contributed by atoms with Gasteiger partial charge in [0.2, 0.25) is 0 Å². The first-order chi connectivity index (χ1) is 12.2. The first-order valence-electron chi connectivity index (χ1n) is 7.48. The fourth-order valence-corrected chi connectivity index (χ4v) is 2.79. The molecule has 2 rings (SSSR count). The second-order valence-corrected chi connectivity index (χ2v) is 6.04. The molecule has 0 aliphatic carbocycles. The van der Waals surface area contributed by atoms with Crippen molar-refractivity contribution in [2.75, 3.05) is 13.6 Å². The van der Waals surface area contributed by atoms with E-state index in [-0.39, 0.29) is 17.8 Å². The number of hydrogen-bond acceptors (Lipinski definition) is 5. The Morgan fingerprint density at radius 2 is 2.08 bits per heavy atom. The lowest BCUT2D eigenvalue weighted by molar-refractivity contribution is -0.0110. The Morgan fingerprint density at radius 3 is 2.69 bits per heavy atom. The van der Waals surface area contributed by atoms with Crippen molar-refractivity contribution in [3.05, 3.63) is 58.4 Å². The van der Waals surface area contributed by atoms with Gasteiger partial charge in [-0.1, -0.05) is 24.6 Å². The van der Waals surface area contributed by atoms with Crippen molar-refractivity contribution < 1.29 is 18.3 Å². The highest BCUT2D eigenvalue weighted by molar-refractivity contribution is 6.29. The van der Waals surface area contributed by atoms with Crippen molar-refractivity contribution in [3.8, 4) is 0 Å². The van der Waals surface area contributed by atoms with Crippen molar-refractivity contribution in [1.29, 1.82) is 0 Å². The third-order valence-electron chi connectivity index (χ3n) is 3.99. The van der Waals surface area contributed by atoms with Crippen LogP contribution in [0.3, 0.4) is 0 Å². The van der Waals surface area contributed by atoms with Gasteiger partial charge in [0.1, 0.15) is 23.6 Å². The van der Waals surface area contributed by atoms with Gasteiger partial charge in [0.05, 0.1) is 18.6 Å². The van der Waals surface area contributed by atoms with Crippen LogP contribution < -0.4 is 5.84 Å². The van der Waals surface area contributed by atoms with Crippen molar-refractivity contribution >= 4 is 17.9 Å². The molecule has 2 atom stereocenters. The molecule has 0 saturated carbocycles. The molecule has 0 fully saturated rings. The first-order valence-corrected chi connectivity index (χ1v) is 7.86. The summed E-state index contributed by atoms with van der Waals surface area (Å²) in [5.41, 5.74) is -2.59. The highest BCUT2D eigenvalue weighted by atomic mass is 35.5. The van der Waals surface area contributed by atoms with Gasteiger partial charge in [-0.25, -0.2) is 29.0 Å². The smallest absolute Gasteiger partial charge is 0.182 e. The van der Waals surface area contributed by atoms with E-state index in [2.05, 4.69) is 15.0 Å². The van der Waals surface area contributed by atoms with E-state index in [1.807, 2.05) is 0 Å². The van der Waals surface area contributed by atoms with E-state index in [9.17, 15) is 18.3 Å². The number of aliphatic hydroxyl groups is 1. The summed E-state index contributed by atoms with van der Waals surface area (Å²) in [5, 5.41) is 11.8. The third-order valence-corrected chi connectivity index (χ3v) is 4.25. The van der Waals surface area contributed by atoms with Crippen molar-refractivity contribution in [1.82, 2.24) is 15.0 Å². The Bertz CT molecular complexity index is 822. The maximum atomic E-state index is 14.4. The maximum absolute atomic E-state index is 14.4. The molecule has 2 unspecified atom stereocenters. The maximum Gasteiger partial charge on any atom is 0.182 e.